The zero-order valence-electron chi connectivity index (χ0n) is 41.0. The van der Waals surface area contributed by atoms with Crippen LogP contribution >= 0.6 is 0 Å². The van der Waals surface area contributed by atoms with Crippen molar-refractivity contribution in [2.45, 2.75) is 88.6 Å². The van der Waals surface area contributed by atoms with Gasteiger partial charge in [-0.2, -0.15) is 5.10 Å². The van der Waals surface area contributed by atoms with Crippen LogP contribution in [-0.2, 0) is 9.59 Å². The number of nitrogens with two attached hydrogens (primary N) is 1. The van der Waals surface area contributed by atoms with Crippen molar-refractivity contribution < 1.29 is 33.5 Å². The number of carbonyl (C=O) groups is 6. The third-order valence-electron chi connectivity index (χ3n) is 16.8. The van der Waals surface area contributed by atoms with Gasteiger partial charge in [0.25, 0.3) is 17.7 Å². The maximum absolute atomic E-state index is 13.8. The van der Waals surface area contributed by atoms with Crippen LogP contribution in [0.15, 0.2) is 72.8 Å². The van der Waals surface area contributed by atoms with Gasteiger partial charge < -0.3 is 35.4 Å². The summed E-state index contributed by atoms with van der Waals surface area (Å²) in [7, 11) is 0. The first-order chi connectivity index (χ1) is 35.0. The number of hydrogen-bond acceptors (Lipinski definition) is 11. The van der Waals surface area contributed by atoms with Crippen LogP contribution in [0.5, 0.6) is 11.5 Å². The summed E-state index contributed by atoms with van der Waals surface area (Å²) in [4.78, 5) is 87.8. The molecule has 7 aliphatic rings. The number of piperidine rings is 5. The molecule has 5 fully saturated rings. The van der Waals surface area contributed by atoms with Gasteiger partial charge in [-0.1, -0.05) is 24.3 Å². The predicted molar refractivity (Wildman–Crippen MR) is 270 cm³/mol. The summed E-state index contributed by atoms with van der Waals surface area (Å²) in [6.07, 6.45) is 9.32. The normalized spacial score (nSPS) is 23.2. The van der Waals surface area contributed by atoms with Crippen LogP contribution in [0, 0.1) is 17.8 Å². The van der Waals surface area contributed by atoms with E-state index in [1.165, 1.54) is 0 Å². The number of likely N-dealkylation sites (tertiary alicyclic amines) is 4. The number of primary amides is 1. The molecule has 8 heterocycles. The van der Waals surface area contributed by atoms with Crippen LogP contribution < -0.4 is 21.1 Å². The standard InChI is InChI=1S/C55H66N10O7/c56-50(67)48-49(39-6-9-42(10-7-39)72-41-4-2-1-3-5-41)59-65-45(14-23-57-51(48)65)38-21-26-61(27-22-38)34-36-17-30-63(31-18-36)55(71)62-28-15-35(16-29-62)33-60-24-19-37(20-25-60)40-8-11-43-44(32-40)54(70)64(53(43)69)46-12-13-47(66)58-52(46)68/h1-11,32,35-38,45-46,57H,12-31,33-34H2,(H2,56,67)(H,58,66,68)/t45-,46?/m0/s1. The number of nitrogens with zero attached hydrogens (tertiary/aromatic N) is 7. The first-order valence-electron chi connectivity index (χ1n) is 26.4. The van der Waals surface area contributed by atoms with E-state index in [2.05, 4.69) is 30.2 Å². The second kappa shape index (κ2) is 20.5. The third kappa shape index (κ3) is 9.72. The lowest BCUT2D eigenvalue weighted by Gasteiger charge is -2.42. The average molecular weight is 979 g/mol. The third-order valence-corrected chi connectivity index (χ3v) is 16.8. The number of nitrogens with one attached hydrogen (secondary N) is 2. The molecule has 4 aromatic rings. The number of benzene rings is 3. The van der Waals surface area contributed by atoms with Crippen LogP contribution in [0.3, 0.4) is 0 Å². The van der Waals surface area contributed by atoms with Gasteiger partial charge in [-0.05, 0) is 168 Å². The smallest absolute Gasteiger partial charge is 0.319 e. The Kier molecular flexibility index (Phi) is 13.6. The summed E-state index contributed by atoms with van der Waals surface area (Å²) in [6.45, 7) is 10.1. The molecule has 0 aliphatic carbocycles. The number of urea groups is 1. The number of imide groups is 2. The summed E-state index contributed by atoms with van der Waals surface area (Å²) in [5.41, 5.74) is 9.59. The van der Waals surface area contributed by atoms with Crippen molar-refractivity contribution in [1.29, 1.82) is 0 Å². The zero-order chi connectivity index (χ0) is 49.5. The fourth-order valence-corrected chi connectivity index (χ4v) is 12.7. The van der Waals surface area contributed by atoms with Gasteiger partial charge in [0.15, 0.2) is 0 Å². The molecule has 2 atom stereocenters. The minimum absolute atomic E-state index is 0.0977. The van der Waals surface area contributed by atoms with Gasteiger partial charge in [0.2, 0.25) is 11.8 Å². The van der Waals surface area contributed by atoms with Crippen molar-refractivity contribution in [2.75, 3.05) is 77.3 Å². The molecule has 7 amide bonds. The first-order valence-corrected chi connectivity index (χ1v) is 26.4. The highest BCUT2D eigenvalue weighted by Gasteiger charge is 2.45. The predicted octanol–water partition coefficient (Wildman–Crippen LogP) is 6.33. The molecular formula is C55H66N10O7. The van der Waals surface area contributed by atoms with Gasteiger partial charge in [0.1, 0.15) is 34.6 Å². The highest BCUT2D eigenvalue weighted by Crippen LogP contribution is 2.41. The topological polar surface area (TPSA) is 196 Å². The van der Waals surface area contributed by atoms with Crippen molar-refractivity contribution >= 4 is 41.4 Å². The van der Waals surface area contributed by atoms with Crippen molar-refractivity contribution in [1.82, 2.24) is 39.6 Å². The van der Waals surface area contributed by atoms with Crippen LogP contribution in [0.25, 0.3) is 11.3 Å². The molecule has 72 heavy (non-hydrogen) atoms. The van der Waals surface area contributed by atoms with Gasteiger partial charge >= 0.3 is 6.03 Å². The number of hydrogen-bond donors (Lipinski definition) is 3. The number of amides is 7. The van der Waals surface area contributed by atoms with Crippen molar-refractivity contribution in [3.05, 3.63) is 95.1 Å². The summed E-state index contributed by atoms with van der Waals surface area (Å²) >= 11 is 0. The fourth-order valence-electron chi connectivity index (χ4n) is 12.7. The molecule has 7 aliphatic heterocycles. The van der Waals surface area contributed by atoms with Crippen LogP contribution in [0.4, 0.5) is 10.6 Å². The van der Waals surface area contributed by atoms with E-state index in [0.29, 0.717) is 45.9 Å². The Labute approximate surface area is 420 Å². The zero-order valence-corrected chi connectivity index (χ0v) is 41.0. The van der Waals surface area contributed by atoms with Crippen molar-refractivity contribution in [3.8, 4) is 22.8 Å². The van der Waals surface area contributed by atoms with E-state index in [0.717, 1.165) is 157 Å². The van der Waals surface area contributed by atoms with E-state index in [-0.39, 0.29) is 36.7 Å². The lowest BCUT2D eigenvalue weighted by atomic mass is 9.86. The summed E-state index contributed by atoms with van der Waals surface area (Å²) in [6, 6.07) is 22.2. The van der Waals surface area contributed by atoms with E-state index in [9.17, 15) is 28.8 Å². The van der Waals surface area contributed by atoms with Crippen LogP contribution in [0.2, 0.25) is 0 Å². The van der Waals surface area contributed by atoms with E-state index in [1.807, 2.05) is 71.4 Å². The van der Waals surface area contributed by atoms with Crippen molar-refractivity contribution in [3.63, 3.8) is 0 Å². The number of para-hydroxylation sites is 1. The Morgan fingerprint density at radius 1 is 0.667 bits per heavy atom. The molecular weight excluding hydrogens is 913 g/mol. The molecule has 1 unspecified atom stereocenters. The van der Waals surface area contributed by atoms with E-state index >= 15 is 0 Å². The van der Waals surface area contributed by atoms with Crippen LogP contribution in [-0.4, -0.2) is 148 Å². The molecule has 17 heteroatoms. The van der Waals surface area contributed by atoms with Gasteiger partial charge in [-0.15, -0.1) is 0 Å². The van der Waals surface area contributed by atoms with E-state index in [4.69, 9.17) is 15.6 Å². The number of ether oxygens (including phenoxy) is 1. The summed E-state index contributed by atoms with van der Waals surface area (Å²) in [5.74, 6) is 1.63. The number of anilines is 1. The quantitative estimate of drug-likeness (QED) is 0.142. The minimum Gasteiger partial charge on any atom is -0.457 e. The Morgan fingerprint density at radius 2 is 1.28 bits per heavy atom. The van der Waals surface area contributed by atoms with Gasteiger partial charge in [-0.25, -0.2) is 9.48 Å². The Hall–Kier alpha value is -6.59. The SMILES string of the molecule is NC(=O)c1c(-c2ccc(Oc3ccccc3)cc2)nn2c1NCC[C@H]2C1CCN(CC2CCN(C(=O)N3CCC(CN4CCC(c5ccc6c(c5)C(=O)N(C5CCC(=O)NC5=O)C6=O)CC4)CC3)CC2)CC1. The monoisotopic (exact) mass is 979 g/mol. The van der Waals surface area contributed by atoms with Crippen LogP contribution in [0.1, 0.15) is 119 Å². The molecule has 17 nitrogen and oxygen atoms in total. The molecule has 11 rings (SSSR count). The Balaban J connectivity index is 0.601. The molecule has 0 spiro atoms. The summed E-state index contributed by atoms with van der Waals surface area (Å²) in [5, 5.41) is 10.8. The lowest BCUT2D eigenvalue weighted by Crippen LogP contribution is -2.54. The molecule has 0 radical (unpaired) electrons. The minimum atomic E-state index is -0.964. The highest BCUT2D eigenvalue weighted by atomic mass is 16.5. The molecule has 378 valence electrons. The lowest BCUT2D eigenvalue weighted by molar-refractivity contribution is -0.136. The molecule has 5 saturated heterocycles. The van der Waals surface area contributed by atoms with Gasteiger partial charge in [0, 0.05) is 57.8 Å². The molecule has 3 aromatic carbocycles. The first kappa shape index (κ1) is 47.7. The highest BCUT2D eigenvalue weighted by molar-refractivity contribution is 6.23. The number of carbonyl (C=O) groups excluding carboxylic acids is 6. The average Bonchev–Trinajstić information content (AvgIpc) is 3.92. The second-order valence-electron chi connectivity index (χ2n) is 21.2. The molecule has 0 bridgehead atoms. The Bertz CT molecular complexity index is 2700. The fraction of sp³-hybridized carbons (Fsp3) is 0.509. The van der Waals surface area contributed by atoms with Gasteiger partial charge in [0.05, 0.1) is 17.2 Å². The summed E-state index contributed by atoms with van der Waals surface area (Å²) < 4.78 is 8.05. The van der Waals surface area contributed by atoms with Gasteiger partial charge in [-0.3, -0.25) is 34.2 Å². The largest absolute Gasteiger partial charge is 0.457 e. The molecule has 4 N–H and O–H groups in total. The second-order valence-corrected chi connectivity index (χ2v) is 21.2. The number of rotatable bonds is 11. The molecule has 1 aromatic heterocycles. The number of aromatic nitrogens is 2. The Morgan fingerprint density at radius 3 is 1.90 bits per heavy atom. The maximum atomic E-state index is 13.8. The molecule has 0 saturated carbocycles. The maximum Gasteiger partial charge on any atom is 0.319 e. The van der Waals surface area contributed by atoms with E-state index < -0.39 is 29.7 Å². The van der Waals surface area contributed by atoms with Crippen molar-refractivity contribution in [2.24, 2.45) is 23.5 Å². The van der Waals surface area contributed by atoms with E-state index in [1.54, 1.807) is 6.07 Å². The number of fused-ring (bicyclic) bond motifs is 2.